The lowest BCUT2D eigenvalue weighted by Crippen LogP contribution is -2.06. The van der Waals surface area contributed by atoms with Gasteiger partial charge in [0.15, 0.2) is 11.5 Å². The van der Waals surface area contributed by atoms with Crippen LogP contribution in [0.5, 0.6) is 17.2 Å². The van der Waals surface area contributed by atoms with E-state index in [1.807, 2.05) is 24.3 Å². The van der Waals surface area contributed by atoms with Gasteiger partial charge in [0.1, 0.15) is 0 Å². The lowest BCUT2D eigenvalue weighted by Gasteiger charge is -2.19. The number of nitrogens with zero attached hydrogens (tertiary/aromatic N) is 2. The molecule has 0 unspecified atom stereocenters. The molecule has 0 spiro atoms. The second-order valence-electron chi connectivity index (χ2n) is 13.6. The Kier molecular flexibility index (Phi) is 13.0. The Bertz CT molecular complexity index is 1930. The largest absolute Gasteiger partial charge is 0.490 e. The highest BCUT2D eigenvalue weighted by Crippen LogP contribution is 2.43. The average Bonchev–Trinajstić information content (AvgIpc) is 3.95. The van der Waals surface area contributed by atoms with Crippen molar-refractivity contribution in [1.29, 1.82) is 0 Å². The number of aromatic nitrogens is 4. The van der Waals surface area contributed by atoms with E-state index in [4.69, 9.17) is 24.2 Å². The number of hydrogen-bond acceptors (Lipinski definition) is 5. The minimum Gasteiger partial charge on any atom is -0.490 e. The van der Waals surface area contributed by atoms with Crippen LogP contribution in [0, 0.1) is 0 Å². The monoisotopic (exact) mass is 686 g/mol. The molecule has 0 fully saturated rings. The van der Waals surface area contributed by atoms with Gasteiger partial charge >= 0.3 is 0 Å². The van der Waals surface area contributed by atoms with Gasteiger partial charge in [0, 0.05) is 27.6 Å². The second-order valence-corrected chi connectivity index (χ2v) is 13.6. The Labute approximate surface area is 303 Å². The predicted molar refractivity (Wildman–Crippen MR) is 213 cm³/mol. The number of H-pyrrole nitrogens is 2. The minimum atomic E-state index is 0.638. The van der Waals surface area contributed by atoms with Gasteiger partial charge in [0.05, 0.1) is 42.6 Å². The summed E-state index contributed by atoms with van der Waals surface area (Å²) in [6.07, 6.45) is 21.8. The molecule has 2 aliphatic heterocycles. The highest BCUT2D eigenvalue weighted by atomic mass is 16.5. The maximum absolute atomic E-state index is 6.57. The van der Waals surface area contributed by atoms with Gasteiger partial charge in [0.2, 0.25) is 5.75 Å². The summed E-state index contributed by atoms with van der Waals surface area (Å²) < 4.78 is 19.7. The Morgan fingerprint density at radius 3 is 1.55 bits per heavy atom. The number of aromatic amines is 2. The Balaban J connectivity index is 1.46. The molecule has 7 heteroatoms. The van der Waals surface area contributed by atoms with Gasteiger partial charge in [-0.25, -0.2) is 9.97 Å². The van der Waals surface area contributed by atoms with Crippen LogP contribution >= 0.6 is 0 Å². The van der Waals surface area contributed by atoms with Crippen LogP contribution in [0.15, 0.2) is 54.6 Å². The van der Waals surface area contributed by atoms with E-state index in [0.717, 1.165) is 112 Å². The molecule has 7 nitrogen and oxygen atoms in total. The molecule has 6 rings (SSSR count). The summed E-state index contributed by atoms with van der Waals surface area (Å²) in [5, 5.41) is 0. The molecule has 3 aromatic heterocycles. The van der Waals surface area contributed by atoms with Gasteiger partial charge in [-0.2, -0.15) is 0 Å². The molecule has 0 saturated heterocycles. The van der Waals surface area contributed by atoms with E-state index in [2.05, 4.69) is 85.3 Å². The minimum absolute atomic E-state index is 0.638. The van der Waals surface area contributed by atoms with Gasteiger partial charge in [0.25, 0.3) is 0 Å². The van der Waals surface area contributed by atoms with Crippen LogP contribution in [0.25, 0.3) is 57.5 Å². The third kappa shape index (κ3) is 10.2. The number of rotatable bonds is 19. The van der Waals surface area contributed by atoms with Gasteiger partial charge in [-0.1, -0.05) is 78.6 Å². The Hall–Kier alpha value is -4.78. The van der Waals surface area contributed by atoms with E-state index in [1.165, 1.54) is 38.5 Å². The highest BCUT2D eigenvalue weighted by molar-refractivity contribution is 5.89. The molecule has 51 heavy (non-hydrogen) atoms. The number of benzene rings is 1. The van der Waals surface area contributed by atoms with Crippen molar-refractivity contribution in [1.82, 2.24) is 19.9 Å². The van der Waals surface area contributed by atoms with Crippen LogP contribution in [0.3, 0.4) is 0 Å². The summed E-state index contributed by atoms with van der Waals surface area (Å²) in [4.78, 5) is 16.9. The van der Waals surface area contributed by atoms with E-state index in [-0.39, 0.29) is 0 Å². The first-order chi connectivity index (χ1) is 25.1. The van der Waals surface area contributed by atoms with Crippen LogP contribution in [-0.4, -0.2) is 39.8 Å². The second kappa shape index (κ2) is 18.5. The fraction of sp³-hybridized carbons (Fsp3) is 0.409. The lowest BCUT2D eigenvalue weighted by molar-refractivity contribution is 0.234. The van der Waals surface area contributed by atoms with Crippen molar-refractivity contribution < 1.29 is 14.2 Å². The van der Waals surface area contributed by atoms with E-state index in [1.54, 1.807) is 0 Å². The Morgan fingerprint density at radius 1 is 0.471 bits per heavy atom. The van der Waals surface area contributed by atoms with Crippen molar-refractivity contribution in [3.8, 4) is 28.4 Å². The molecule has 268 valence electrons. The topological polar surface area (TPSA) is 85.1 Å². The van der Waals surface area contributed by atoms with Crippen LogP contribution < -0.4 is 14.2 Å². The normalized spacial score (nSPS) is 12.1. The molecule has 0 atom stereocenters. The van der Waals surface area contributed by atoms with Gasteiger partial charge in [-0.05, 0) is 104 Å². The van der Waals surface area contributed by atoms with Gasteiger partial charge in [-0.3, -0.25) is 0 Å². The maximum Gasteiger partial charge on any atom is 0.203 e. The first-order valence-electron chi connectivity index (χ1n) is 19.3. The number of nitrogens with one attached hydrogen (secondary N) is 2. The molecular weight excluding hydrogens is 633 g/mol. The molecule has 2 aliphatic rings. The molecule has 0 aliphatic carbocycles. The third-order valence-electron chi connectivity index (χ3n) is 9.26. The number of ether oxygens (including phenoxy) is 3. The van der Waals surface area contributed by atoms with Crippen molar-refractivity contribution >= 4 is 46.4 Å². The summed E-state index contributed by atoms with van der Waals surface area (Å²) in [6, 6.07) is 19.0. The summed E-state index contributed by atoms with van der Waals surface area (Å²) in [5.74, 6) is 2.21. The maximum atomic E-state index is 6.57. The molecule has 2 N–H and O–H groups in total. The molecule has 1 aromatic carbocycles. The Morgan fingerprint density at radius 2 is 0.980 bits per heavy atom. The highest BCUT2D eigenvalue weighted by Gasteiger charge is 2.19. The van der Waals surface area contributed by atoms with Gasteiger partial charge in [-0.15, -0.1) is 0 Å². The zero-order valence-corrected chi connectivity index (χ0v) is 30.7. The molecule has 0 saturated carbocycles. The zero-order valence-electron chi connectivity index (χ0n) is 30.7. The van der Waals surface area contributed by atoms with Crippen LogP contribution in [0.1, 0.15) is 121 Å². The first kappa shape index (κ1) is 36.0. The summed E-state index contributed by atoms with van der Waals surface area (Å²) in [7, 11) is 0. The van der Waals surface area contributed by atoms with E-state index in [0.29, 0.717) is 19.8 Å². The van der Waals surface area contributed by atoms with E-state index in [9.17, 15) is 0 Å². The van der Waals surface area contributed by atoms with Crippen molar-refractivity contribution in [2.75, 3.05) is 19.8 Å². The summed E-state index contributed by atoms with van der Waals surface area (Å²) >= 11 is 0. The fourth-order valence-electron chi connectivity index (χ4n) is 6.47. The van der Waals surface area contributed by atoms with E-state index >= 15 is 0 Å². The molecule has 4 aromatic rings. The van der Waals surface area contributed by atoms with Crippen LogP contribution in [0.4, 0.5) is 0 Å². The molecule has 5 heterocycles. The quantitative estimate of drug-likeness (QED) is 0.0828. The third-order valence-corrected chi connectivity index (χ3v) is 9.26. The summed E-state index contributed by atoms with van der Waals surface area (Å²) in [5.41, 5.74) is 9.52. The number of fused-ring (bicyclic) bond motifs is 8. The van der Waals surface area contributed by atoms with E-state index < -0.39 is 0 Å². The number of unbranched alkanes of at least 4 members (excludes halogenated alkanes) is 9. The molecule has 0 radical (unpaired) electrons. The van der Waals surface area contributed by atoms with Crippen LogP contribution in [-0.2, 0) is 0 Å². The zero-order chi connectivity index (χ0) is 35.3. The smallest absolute Gasteiger partial charge is 0.203 e. The molecular formula is C44H54N4O3. The first-order valence-corrected chi connectivity index (χ1v) is 19.3. The predicted octanol–water partition coefficient (Wildman–Crippen LogP) is 12.2. The van der Waals surface area contributed by atoms with Crippen molar-refractivity contribution in [3.63, 3.8) is 0 Å². The summed E-state index contributed by atoms with van der Waals surface area (Å²) in [6.45, 7) is 8.62. The lowest BCUT2D eigenvalue weighted by atomic mass is 10.0. The average molecular weight is 687 g/mol. The fourth-order valence-corrected chi connectivity index (χ4v) is 6.47. The number of hydrogen-bond donors (Lipinski definition) is 2. The molecule has 0 amide bonds. The molecule has 8 bridgehead atoms. The standard InChI is InChI=1S/C44H54N4O3/c1-4-7-10-13-22-49-42-25-32(26-43(50-23-14-11-8-5-2)44(42)51-24-15-12-9-6-3)40-30-39-29-37-19-18-35(46-37)27-33-16-17-34(45-33)28-36-20-21-38(47-36)31-41(40)48-39/h16-21,25-31,46,48H,4-15,22-24H2,1-3H3. The van der Waals surface area contributed by atoms with Crippen molar-refractivity contribution in [3.05, 3.63) is 77.4 Å². The SMILES string of the molecule is CCCCCCOc1cc(-c2cc3cc4ccc(cc5nc(cc6nc(cc2[nH]3)C=C6)C=C5)[nH]4)cc(OCCCCCC)c1OCCCCCC. The van der Waals surface area contributed by atoms with Crippen molar-refractivity contribution in [2.45, 2.75) is 97.8 Å². The van der Waals surface area contributed by atoms with Crippen molar-refractivity contribution in [2.24, 2.45) is 0 Å². The van der Waals surface area contributed by atoms with Crippen LogP contribution in [0.2, 0.25) is 0 Å². The van der Waals surface area contributed by atoms with Gasteiger partial charge < -0.3 is 24.2 Å².